The molecule has 1 heterocycles. The van der Waals surface area contributed by atoms with E-state index in [-0.39, 0.29) is 5.69 Å². The van der Waals surface area contributed by atoms with Crippen molar-refractivity contribution in [2.45, 2.75) is 6.04 Å². The van der Waals surface area contributed by atoms with Gasteiger partial charge in [0, 0.05) is 17.7 Å². The quantitative estimate of drug-likeness (QED) is 0.549. The number of nitrogens with two attached hydrogens (primary N) is 1. The van der Waals surface area contributed by atoms with Gasteiger partial charge in [-0.2, -0.15) is 5.10 Å². The zero-order chi connectivity index (χ0) is 17.1. The Bertz CT molecular complexity index is 877. The molecule has 3 aromatic rings. The van der Waals surface area contributed by atoms with Crippen molar-refractivity contribution in [3.8, 4) is 17.1 Å². The Morgan fingerprint density at radius 1 is 1.25 bits per heavy atom. The van der Waals surface area contributed by atoms with Crippen LogP contribution in [-0.4, -0.2) is 27.2 Å². The van der Waals surface area contributed by atoms with E-state index in [2.05, 4.69) is 15.2 Å². The van der Waals surface area contributed by atoms with Gasteiger partial charge in [0.1, 0.15) is 11.6 Å². The number of rotatable bonds is 5. The van der Waals surface area contributed by atoms with Gasteiger partial charge in [-0.3, -0.25) is 15.2 Å². The number of hydrogen-bond acceptors (Lipinski definition) is 6. The average molecular weight is 325 g/mol. The van der Waals surface area contributed by atoms with Gasteiger partial charge in [-0.1, -0.05) is 24.3 Å². The fourth-order valence-corrected chi connectivity index (χ4v) is 2.29. The molecule has 122 valence electrons. The van der Waals surface area contributed by atoms with E-state index in [1.165, 1.54) is 12.1 Å². The van der Waals surface area contributed by atoms with E-state index in [0.29, 0.717) is 23.0 Å². The Kier molecular flexibility index (Phi) is 4.21. The maximum Gasteiger partial charge on any atom is 0.270 e. The second kappa shape index (κ2) is 6.47. The summed E-state index contributed by atoms with van der Waals surface area (Å²) < 4.78 is 5.19. The molecule has 0 aliphatic heterocycles. The van der Waals surface area contributed by atoms with Crippen LogP contribution >= 0.6 is 0 Å². The number of methoxy groups -OCH3 is 1. The summed E-state index contributed by atoms with van der Waals surface area (Å²) >= 11 is 0. The van der Waals surface area contributed by atoms with E-state index in [1.54, 1.807) is 19.2 Å². The summed E-state index contributed by atoms with van der Waals surface area (Å²) in [5.74, 6) is 1.51. The van der Waals surface area contributed by atoms with Gasteiger partial charge in [-0.15, -0.1) is 0 Å². The molecule has 1 aromatic heterocycles. The van der Waals surface area contributed by atoms with Gasteiger partial charge in [-0.25, -0.2) is 4.98 Å². The molecule has 8 nitrogen and oxygen atoms in total. The van der Waals surface area contributed by atoms with E-state index in [0.717, 1.165) is 5.56 Å². The Morgan fingerprint density at radius 2 is 2.04 bits per heavy atom. The lowest BCUT2D eigenvalue weighted by Crippen LogP contribution is -2.13. The summed E-state index contributed by atoms with van der Waals surface area (Å²) in [6.07, 6.45) is 0. The minimum atomic E-state index is -0.514. The Morgan fingerprint density at radius 3 is 2.79 bits per heavy atom. The molecule has 0 amide bonds. The maximum atomic E-state index is 10.9. The second-order valence-electron chi connectivity index (χ2n) is 5.11. The highest BCUT2D eigenvalue weighted by atomic mass is 16.6. The van der Waals surface area contributed by atoms with Gasteiger partial charge in [0.15, 0.2) is 5.82 Å². The number of nitro groups is 1. The number of nitro benzene ring substituents is 1. The van der Waals surface area contributed by atoms with Crippen molar-refractivity contribution < 1.29 is 9.66 Å². The van der Waals surface area contributed by atoms with Crippen LogP contribution in [0.25, 0.3) is 11.4 Å². The predicted octanol–water partition coefficient (Wildman–Crippen LogP) is 2.44. The van der Waals surface area contributed by atoms with E-state index < -0.39 is 11.0 Å². The Balaban J connectivity index is 1.90. The molecule has 0 saturated carbocycles. The molecule has 8 heteroatoms. The summed E-state index contributed by atoms with van der Waals surface area (Å²) in [7, 11) is 1.58. The molecule has 0 aliphatic rings. The van der Waals surface area contributed by atoms with Crippen molar-refractivity contribution in [3.63, 3.8) is 0 Å². The molecule has 0 saturated heterocycles. The number of ether oxygens (including phenoxy) is 1. The zero-order valence-corrected chi connectivity index (χ0v) is 12.8. The molecule has 3 N–H and O–H groups in total. The normalized spacial score (nSPS) is 11.9. The third kappa shape index (κ3) is 3.08. The van der Waals surface area contributed by atoms with Crippen LogP contribution in [0, 0.1) is 10.1 Å². The lowest BCUT2D eigenvalue weighted by atomic mass is 10.1. The van der Waals surface area contributed by atoms with Crippen molar-refractivity contribution >= 4 is 5.69 Å². The molecule has 0 radical (unpaired) electrons. The van der Waals surface area contributed by atoms with Crippen LogP contribution in [0.15, 0.2) is 48.5 Å². The van der Waals surface area contributed by atoms with Crippen molar-refractivity contribution in [1.82, 2.24) is 15.2 Å². The van der Waals surface area contributed by atoms with Crippen LogP contribution in [0.4, 0.5) is 5.69 Å². The van der Waals surface area contributed by atoms with Gasteiger partial charge < -0.3 is 10.5 Å². The van der Waals surface area contributed by atoms with Crippen LogP contribution in [0.5, 0.6) is 5.75 Å². The Labute approximate surface area is 137 Å². The first-order valence-corrected chi connectivity index (χ1v) is 7.15. The molecule has 2 aromatic carbocycles. The van der Waals surface area contributed by atoms with Crippen LogP contribution in [0.2, 0.25) is 0 Å². The number of hydrogen-bond donors (Lipinski definition) is 2. The number of aromatic nitrogens is 3. The van der Waals surface area contributed by atoms with Crippen molar-refractivity contribution in [3.05, 3.63) is 70.0 Å². The molecule has 0 bridgehead atoms. The molecule has 0 spiro atoms. The number of H-pyrrole nitrogens is 1. The lowest BCUT2D eigenvalue weighted by molar-refractivity contribution is -0.384. The number of aromatic amines is 1. The fourth-order valence-electron chi connectivity index (χ4n) is 2.29. The number of nitrogens with zero attached hydrogens (tertiary/aromatic N) is 3. The van der Waals surface area contributed by atoms with Crippen LogP contribution in [-0.2, 0) is 0 Å². The molecular weight excluding hydrogens is 310 g/mol. The first-order chi connectivity index (χ1) is 11.6. The predicted molar refractivity (Wildman–Crippen MR) is 87.5 cm³/mol. The largest absolute Gasteiger partial charge is 0.497 e. The molecule has 24 heavy (non-hydrogen) atoms. The SMILES string of the molecule is COc1cccc([C@@H](N)c2nc(-c3cccc([N+](=O)[O-])c3)n[nH]2)c1. The number of non-ortho nitro benzene ring substituents is 1. The molecule has 1 atom stereocenters. The van der Waals surface area contributed by atoms with Crippen molar-refractivity contribution in [2.24, 2.45) is 5.73 Å². The maximum absolute atomic E-state index is 10.9. The number of benzene rings is 2. The average Bonchev–Trinajstić information content (AvgIpc) is 3.11. The highest BCUT2D eigenvalue weighted by molar-refractivity contribution is 5.58. The first kappa shape index (κ1) is 15.6. The topological polar surface area (TPSA) is 120 Å². The standard InChI is InChI=1S/C16H15N5O3/c1-24-13-7-3-4-10(9-13)14(17)16-18-15(19-20-16)11-5-2-6-12(8-11)21(22)23/h2-9,14H,17H2,1H3,(H,18,19,20)/t14-/m1/s1. The summed E-state index contributed by atoms with van der Waals surface area (Å²) in [4.78, 5) is 14.8. The van der Waals surface area contributed by atoms with E-state index >= 15 is 0 Å². The monoisotopic (exact) mass is 325 g/mol. The number of nitrogens with one attached hydrogen (secondary N) is 1. The summed E-state index contributed by atoms with van der Waals surface area (Å²) in [5.41, 5.74) is 7.56. The highest BCUT2D eigenvalue weighted by Crippen LogP contribution is 2.24. The summed E-state index contributed by atoms with van der Waals surface area (Å²) in [5, 5.41) is 17.8. The summed E-state index contributed by atoms with van der Waals surface area (Å²) in [6.45, 7) is 0. The van der Waals surface area contributed by atoms with Gasteiger partial charge in [0.25, 0.3) is 5.69 Å². The van der Waals surface area contributed by atoms with Gasteiger partial charge in [0.05, 0.1) is 18.1 Å². The van der Waals surface area contributed by atoms with Crippen molar-refractivity contribution in [2.75, 3.05) is 7.11 Å². The van der Waals surface area contributed by atoms with Crippen LogP contribution in [0.1, 0.15) is 17.4 Å². The van der Waals surface area contributed by atoms with E-state index in [1.807, 2.05) is 24.3 Å². The Hall–Kier alpha value is -3.26. The van der Waals surface area contributed by atoms with Gasteiger partial charge >= 0.3 is 0 Å². The summed E-state index contributed by atoms with van der Waals surface area (Å²) in [6, 6.07) is 13.0. The van der Waals surface area contributed by atoms with E-state index in [9.17, 15) is 10.1 Å². The molecule has 3 rings (SSSR count). The fraction of sp³-hybridized carbons (Fsp3) is 0.125. The minimum absolute atomic E-state index is 0.0176. The van der Waals surface area contributed by atoms with Gasteiger partial charge in [-0.05, 0) is 17.7 Å². The first-order valence-electron chi connectivity index (χ1n) is 7.15. The second-order valence-corrected chi connectivity index (χ2v) is 5.11. The third-order valence-electron chi connectivity index (χ3n) is 3.57. The minimum Gasteiger partial charge on any atom is -0.497 e. The molecule has 0 unspecified atom stereocenters. The smallest absolute Gasteiger partial charge is 0.270 e. The van der Waals surface area contributed by atoms with Crippen molar-refractivity contribution in [1.29, 1.82) is 0 Å². The molecular formula is C16H15N5O3. The highest BCUT2D eigenvalue weighted by Gasteiger charge is 2.16. The molecule has 0 aliphatic carbocycles. The zero-order valence-electron chi connectivity index (χ0n) is 12.8. The third-order valence-corrected chi connectivity index (χ3v) is 3.57. The molecule has 0 fully saturated rings. The van der Waals surface area contributed by atoms with Gasteiger partial charge in [0.2, 0.25) is 0 Å². The van der Waals surface area contributed by atoms with E-state index in [4.69, 9.17) is 10.5 Å². The van der Waals surface area contributed by atoms with Crippen LogP contribution in [0.3, 0.4) is 0 Å². The lowest BCUT2D eigenvalue weighted by Gasteiger charge is -2.09. The van der Waals surface area contributed by atoms with Crippen LogP contribution < -0.4 is 10.5 Å².